The van der Waals surface area contributed by atoms with Gasteiger partial charge in [-0.05, 0) is 37.1 Å². The maximum atomic E-state index is 12.1. The maximum Gasteiger partial charge on any atom is 0.422 e. The first-order chi connectivity index (χ1) is 9.85. The van der Waals surface area contributed by atoms with E-state index in [0.29, 0.717) is 19.5 Å². The molecule has 1 saturated heterocycles. The number of ether oxygens (including phenoxy) is 1. The van der Waals surface area contributed by atoms with Gasteiger partial charge in [0, 0.05) is 6.54 Å². The molecular formula is C14H16F3NO3. The molecule has 1 heterocycles. The molecule has 0 radical (unpaired) electrons. The second kappa shape index (κ2) is 6.34. The molecule has 116 valence electrons. The average molecular weight is 303 g/mol. The number of carbonyl (C=O) groups is 1. The first kappa shape index (κ1) is 15.6. The summed E-state index contributed by atoms with van der Waals surface area (Å²) in [5.74, 6) is -0.729. The highest BCUT2D eigenvalue weighted by Crippen LogP contribution is 2.23. The molecule has 1 aliphatic heterocycles. The molecule has 0 aliphatic carbocycles. The smallest absolute Gasteiger partial charge is 0.422 e. The molecule has 0 amide bonds. The van der Waals surface area contributed by atoms with Gasteiger partial charge in [-0.3, -0.25) is 9.69 Å². The van der Waals surface area contributed by atoms with Gasteiger partial charge in [0.2, 0.25) is 0 Å². The Bertz CT molecular complexity index is 504. The van der Waals surface area contributed by atoms with Crippen LogP contribution in [0.1, 0.15) is 18.4 Å². The second-order valence-electron chi connectivity index (χ2n) is 5.02. The number of rotatable bonds is 5. The third kappa shape index (κ3) is 4.63. The van der Waals surface area contributed by atoms with Gasteiger partial charge in [0.1, 0.15) is 11.8 Å². The molecule has 0 bridgehead atoms. The van der Waals surface area contributed by atoms with Crippen molar-refractivity contribution in [3.63, 3.8) is 0 Å². The first-order valence-electron chi connectivity index (χ1n) is 6.60. The largest absolute Gasteiger partial charge is 0.484 e. The van der Waals surface area contributed by atoms with Crippen LogP contribution in [0.5, 0.6) is 5.75 Å². The predicted octanol–water partition coefficient (Wildman–Crippen LogP) is 2.68. The lowest BCUT2D eigenvalue weighted by Gasteiger charge is -2.21. The number of halogens is 3. The molecule has 0 saturated carbocycles. The molecular weight excluding hydrogens is 287 g/mol. The molecule has 2 rings (SSSR count). The fourth-order valence-electron chi connectivity index (χ4n) is 2.43. The Kier molecular flexibility index (Phi) is 4.72. The predicted molar refractivity (Wildman–Crippen MR) is 69.1 cm³/mol. The summed E-state index contributed by atoms with van der Waals surface area (Å²) in [6.07, 6.45) is -2.97. The minimum Gasteiger partial charge on any atom is -0.484 e. The van der Waals surface area contributed by atoms with E-state index < -0.39 is 24.8 Å². The summed E-state index contributed by atoms with van der Waals surface area (Å²) < 4.78 is 41.0. The summed E-state index contributed by atoms with van der Waals surface area (Å²) in [6, 6.07) is 5.80. The van der Waals surface area contributed by atoms with Crippen LogP contribution in [0.4, 0.5) is 13.2 Å². The van der Waals surface area contributed by atoms with Crippen LogP contribution in [-0.4, -0.2) is 41.3 Å². The third-order valence-electron chi connectivity index (χ3n) is 3.34. The van der Waals surface area contributed by atoms with Crippen LogP contribution in [0.3, 0.4) is 0 Å². The number of benzene rings is 1. The van der Waals surface area contributed by atoms with Crippen LogP contribution >= 0.6 is 0 Å². The number of hydrogen-bond donors (Lipinski definition) is 1. The number of hydrogen-bond acceptors (Lipinski definition) is 3. The molecule has 0 spiro atoms. The molecule has 1 aliphatic rings. The van der Waals surface area contributed by atoms with Crippen LogP contribution in [0, 0.1) is 0 Å². The highest BCUT2D eigenvalue weighted by Gasteiger charge is 2.30. The molecule has 1 atom stereocenters. The van der Waals surface area contributed by atoms with Crippen LogP contribution in [0.2, 0.25) is 0 Å². The first-order valence-corrected chi connectivity index (χ1v) is 6.60. The van der Waals surface area contributed by atoms with E-state index >= 15 is 0 Å². The molecule has 7 heteroatoms. The van der Waals surface area contributed by atoms with Gasteiger partial charge in [-0.1, -0.05) is 12.1 Å². The van der Waals surface area contributed by atoms with Crippen molar-refractivity contribution in [1.29, 1.82) is 0 Å². The van der Waals surface area contributed by atoms with E-state index in [1.807, 2.05) is 4.90 Å². The molecule has 1 unspecified atom stereocenters. The van der Waals surface area contributed by atoms with E-state index in [2.05, 4.69) is 0 Å². The Labute approximate surface area is 120 Å². The summed E-state index contributed by atoms with van der Waals surface area (Å²) in [7, 11) is 0. The van der Waals surface area contributed by atoms with E-state index in [4.69, 9.17) is 9.84 Å². The molecule has 1 aromatic carbocycles. The topological polar surface area (TPSA) is 49.8 Å². The Morgan fingerprint density at radius 3 is 2.86 bits per heavy atom. The lowest BCUT2D eigenvalue weighted by molar-refractivity contribution is -0.153. The van der Waals surface area contributed by atoms with E-state index in [1.165, 1.54) is 12.1 Å². The SMILES string of the molecule is O=C(O)C1CCCN1Cc1cccc(OCC(F)(F)F)c1. The lowest BCUT2D eigenvalue weighted by Crippen LogP contribution is -2.35. The number of likely N-dealkylation sites (tertiary alicyclic amines) is 1. The van der Waals surface area contributed by atoms with Gasteiger partial charge in [-0.2, -0.15) is 13.2 Å². The molecule has 1 aromatic rings. The van der Waals surface area contributed by atoms with Crippen molar-refractivity contribution in [3.8, 4) is 5.75 Å². The van der Waals surface area contributed by atoms with Crippen molar-refractivity contribution >= 4 is 5.97 Å². The highest BCUT2D eigenvalue weighted by atomic mass is 19.4. The van der Waals surface area contributed by atoms with Gasteiger partial charge >= 0.3 is 12.1 Å². The Morgan fingerprint density at radius 2 is 2.19 bits per heavy atom. The average Bonchev–Trinajstić information content (AvgIpc) is 2.84. The zero-order chi connectivity index (χ0) is 15.5. The zero-order valence-corrected chi connectivity index (χ0v) is 11.3. The monoisotopic (exact) mass is 303 g/mol. The Balaban J connectivity index is 1.99. The van der Waals surface area contributed by atoms with Crippen LogP contribution in [0.15, 0.2) is 24.3 Å². The van der Waals surface area contributed by atoms with Crippen LogP contribution < -0.4 is 4.74 Å². The quantitative estimate of drug-likeness (QED) is 0.908. The summed E-state index contributed by atoms with van der Waals surface area (Å²) in [6.45, 7) is -0.275. The Morgan fingerprint density at radius 1 is 1.43 bits per heavy atom. The summed E-state index contributed by atoms with van der Waals surface area (Å²) in [5, 5.41) is 9.10. The zero-order valence-electron chi connectivity index (χ0n) is 11.3. The van der Waals surface area contributed by atoms with Crippen LogP contribution in [0.25, 0.3) is 0 Å². The molecule has 0 aromatic heterocycles. The molecule has 1 N–H and O–H groups in total. The minimum atomic E-state index is -4.38. The second-order valence-corrected chi connectivity index (χ2v) is 5.02. The van der Waals surface area contributed by atoms with Crippen molar-refractivity contribution in [2.24, 2.45) is 0 Å². The molecule has 21 heavy (non-hydrogen) atoms. The van der Waals surface area contributed by atoms with Gasteiger partial charge in [0.15, 0.2) is 6.61 Å². The van der Waals surface area contributed by atoms with Crippen molar-refractivity contribution < 1.29 is 27.8 Å². The standard InChI is InChI=1S/C14H16F3NO3/c15-14(16,17)9-21-11-4-1-3-10(7-11)8-18-6-2-5-12(18)13(19)20/h1,3-4,7,12H,2,5-6,8-9H2,(H,19,20). The number of carboxylic acid groups (broad SMARTS) is 1. The van der Waals surface area contributed by atoms with E-state index in [9.17, 15) is 18.0 Å². The van der Waals surface area contributed by atoms with Crippen molar-refractivity contribution in [2.75, 3.05) is 13.2 Å². The summed E-state index contributed by atoms with van der Waals surface area (Å²) in [5.41, 5.74) is 0.739. The number of carboxylic acids is 1. The van der Waals surface area contributed by atoms with Gasteiger partial charge in [-0.15, -0.1) is 0 Å². The van der Waals surface area contributed by atoms with Gasteiger partial charge in [0.05, 0.1) is 0 Å². The van der Waals surface area contributed by atoms with Crippen LogP contribution in [-0.2, 0) is 11.3 Å². The number of aliphatic carboxylic acids is 1. The lowest BCUT2D eigenvalue weighted by atomic mass is 10.1. The number of alkyl halides is 3. The fourth-order valence-corrected chi connectivity index (χ4v) is 2.43. The fraction of sp³-hybridized carbons (Fsp3) is 0.500. The third-order valence-corrected chi connectivity index (χ3v) is 3.34. The molecule has 4 nitrogen and oxygen atoms in total. The van der Waals surface area contributed by atoms with E-state index in [-0.39, 0.29) is 5.75 Å². The van der Waals surface area contributed by atoms with Crippen molar-refractivity contribution in [1.82, 2.24) is 4.90 Å². The summed E-state index contributed by atoms with van der Waals surface area (Å²) in [4.78, 5) is 12.9. The molecule has 1 fully saturated rings. The highest BCUT2D eigenvalue weighted by molar-refractivity contribution is 5.73. The van der Waals surface area contributed by atoms with Gasteiger partial charge in [0.25, 0.3) is 0 Å². The maximum absolute atomic E-state index is 12.1. The minimum absolute atomic E-state index is 0.135. The van der Waals surface area contributed by atoms with Gasteiger partial charge in [-0.25, -0.2) is 0 Å². The van der Waals surface area contributed by atoms with Gasteiger partial charge < -0.3 is 9.84 Å². The number of nitrogens with zero attached hydrogens (tertiary/aromatic N) is 1. The normalized spacial score (nSPS) is 19.7. The van der Waals surface area contributed by atoms with E-state index in [0.717, 1.165) is 12.0 Å². The van der Waals surface area contributed by atoms with Crippen molar-refractivity contribution in [3.05, 3.63) is 29.8 Å². The Hall–Kier alpha value is -1.76. The van der Waals surface area contributed by atoms with Crippen molar-refractivity contribution in [2.45, 2.75) is 31.6 Å². The summed E-state index contributed by atoms with van der Waals surface area (Å²) >= 11 is 0. The van der Waals surface area contributed by atoms with E-state index in [1.54, 1.807) is 12.1 Å².